The number of halogens is 1. The topological polar surface area (TPSA) is 73.9 Å². The number of ether oxygens (including phenoxy) is 3. The third kappa shape index (κ3) is 3.44. The molecule has 0 bridgehead atoms. The summed E-state index contributed by atoms with van der Waals surface area (Å²) in [6.07, 6.45) is -0.474. The first-order valence-corrected chi connectivity index (χ1v) is 8.69. The van der Waals surface area contributed by atoms with Gasteiger partial charge in [-0.25, -0.2) is 17.5 Å². The number of hydrogen-bond acceptors (Lipinski definition) is 5. The smallest absolute Gasteiger partial charge is 0.240 e. The Hall–Kier alpha value is -2.32. The Morgan fingerprint density at radius 3 is 2.71 bits per heavy atom. The highest BCUT2D eigenvalue weighted by Gasteiger charge is 2.24. The summed E-state index contributed by atoms with van der Waals surface area (Å²) in [6, 6.07) is 10.6. The van der Waals surface area contributed by atoms with Crippen LogP contribution in [0.15, 0.2) is 47.4 Å². The minimum absolute atomic E-state index is 0.00428. The number of nitrogens with one attached hydrogen (secondary N) is 1. The molecule has 0 aliphatic carbocycles. The largest absolute Gasteiger partial charge is 0.494 e. The Balaban J connectivity index is 1.67. The van der Waals surface area contributed by atoms with E-state index in [1.165, 1.54) is 19.2 Å². The molecule has 1 N–H and O–H groups in total. The molecule has 2 aromatic carbocycles. The van der Waals surface area contributed by atoms with Gasteiger partial charge in [-0.1, -0.05) is 12.1 Å². The maximum Gasteiger partial charge on any atom is 0.240 e. The van der Waals surface area contributed by atoms with E-state index in [4.69, 9.17) is 14.2 Å². The Morgan fingerprint density at radius 1 is 1.25 bits per heavy atom. The third-order valence-electron chi connectivity index (χ3n) is 3.50. The van der Waals surface area contributed by atoms with Crippen molar-refractivity contribution in [2.45, 2.75) is 11.0 Å². The van der Waals surface area contributed by atoms with Crippen LogP contribution in [-0.4, -0.2) is 34.8 Å². The zero-order valence-corrected chi connectivity index (χ0v) is 13.7. The second-order valence-corrected chi connectivity index (χ2v) is 6.91. The van der Waals surface area contributed by atoms with Crippen LogP contribution < -0.4 is 18.9 Å². The maximum atomic E-state index is 13.7. The van der Waals surface area contributed by atoms with E-state index in [1.807, 2.05) is 6.07 Å². The second-order valence-electron chi connectivity index (χ2n) is 5.15. The molecule has 6 nitrogen and oxygen atoms in total. The van der Waals surface area contributed by atoms with E-state index in [2.05, 4.69) is 4.72 Å². The van der Waals surface area contributed by atoms with Crippen molar-refractivity contribution in [3.8, 4) is 17.2 Å². The van der Waals surface area contributed by atoms with Gasteiger partial charge in [-0.05, 0) is 30.3 Å². The van der Waals surface area contributed by atoms with E-state index < -0.39 is 21.9 Å². The Kier molecular flexibility index (Phi) is 4.59. The SMILES string of the molecule is COc1ccc(S(=O)(=O)NC[C@H]2COc3ccccc3O2)cc1F. The molecule has 8 heteroatoms. The van der Waals surface area contributed by atoms with E-state index in [0.717, 1.165) is 6.07 Å². The molecule has 3 rings (SSSR count). The van der Waals surface area contributed by atoms with Crippen molar-refractivity contribution in [2.24, 2.45) is 0 Å². The van der Waals surface area contributed by atoms with Gasteiger partial charge >= 0.3 is 0 Å². The molecule has 1 aliphatic heterocycles. The molecule has 0 aromatic heterocycles. The molecule has 0 amide bonds. The van der Waals surface area contributed by atoms with Crippen molar-refractivity contribution in [1.82, 2.24) is 4.72 Å². The van der Waals surface area contributed by atoms with Gasteiger partial charge in [0.2, 0.25) is 10.0 Å². The number of fused-ring (bicyclic) bond motifs is 1. The average molecular weight is 353 g/mol. The van der Waals surface area contributed by atoms with Crippen LogP contribution in [0.1, 0.15) is 0 Å². The van der Waals surface area contributed by atoms with Crippen LogP contribution in [0.3, 0.4) is 0 Å². The summed E-state index contributed by atoms with van der Waals surface area (Å²) in [5.41, 5.74) is 0. The predicted molar refractivity (Wildman–Crippen MR) is 84.5 cm³/mol. The lowest BCUT2D eigenvalue weighted by Gasteiger charge is -2.26. The highest BCUT2D eigenvalue weighted by atomic mass is 32.2. The first-order chi connectivity index (χ1) is 11.5. The van der Waals surface area contributed by atoms with Gasteiger partial charge in [0.15, 0.2) is 23.1 Å². The first kappa shape index (κ1) is 16.5. The second kappa shape index (κ2) is 6.66. The van der Waals surface area contributed by atoms with Crippen molar-refractivity contribution >= 4 is 10.0 Å². The van der Waals surface area contributed by atoms with Gasteiger partial charge < -0.3 is 14.2 Å². The van der Waals surface area contributed by atoms with Crippen molar-refractivity contribution in [3.05, 3.63) is 48.3 Å². The van der Waals surface area contributed by atoms with E-state index in [9.17, 15) is 12.8 Å². The van der Waals surface area contributed by atoms with Gasteiger partial charge in [0.05, 0.1) is 18.6 Å². The monoisotopic (exact) mass is 353 g/mol. The lowest BCUT2D eigenvalue weighted by atomic mass is 10.2. The van der Waals surface area contributed by atoms with Crippen LogP contribution in [0.25, 0.3) is 0 Å². The number of benzene rings is 2. The summed E-state index contributed by atoms with van der Waals surface area (Å²) < 4.78 is 56.6. The minimum atomic E-state index is -3.87. The molecule has 0 fully saturated rings. The average Bonchev–Trinajstić information content (AvgIpc) is 2.60. The van der Waals surface area contributed by atoms with Gasteiger partial charge in [-0.2, -0.15) is 0 Å². The molecule has 0 saturated heterocycles. The van der Waals surface area contributed by atoms with Crippen molar-refractivity contribution < 1.29 is 27.0 Å². The molecular weight excluding hydrogens is 337 g/mol. The number of sulfonamides is 1. The molecule has 1 atom stereocenters. The zero-order valence-electron chi connectivity index (χ0n) is 12.9. The summed E-state index contributed by atoms with van der Waals surface area (Å²) in [5.74, 6) is 0.415. The maximum absolute atomic E-state index is 13.7. The fraction of sp³-hybridized carbons (Fsp3) is 0.250. The van der Waals surface area contributed by atoms with E-state index in [0.29, 0.717) is 11.5 Å². The predicted octanol–water partition coefficient (Wildman–Crippen LogP) is 1.95. The number of rotatable bonds is 5. The highest BCUT2D eigenvalue weighted by Crippen LogP contribution is 2.30. The molecule has 0 radical (unpaired) electrons. The summed E-state index contributed by atoms with van der Waals surface area (Å²) in [5, 5.41) is 0. The summed E-state index contributed by atoms with van der Waals surface area (Å²) in [6.45, 7) is 0.223. The van der Waals surface area contributed by atoms with Crippen LogP contribution >= 0.6 is 0 Å². The molecule has 2 aromatic rings. The standard InChI is InChI=1S/C16H16FNO5S/c1-21-14-7-6-12(8-13(14)17)24(19,20)18-9-11-10-22-15-4-2-3-5-16(15)23-11/h2-8,11,18H,9-10H2,1H3/t11-/m0/s1. The van der Waals surface area contributed by atoms with E-state index in [1.54, 1.807) is 18.2 Å². The quantitative estimate of drug-likeness (QED) is 0.889. The van der Waals surface area contributed by atoms with Gasteiger partial charge in [0.1, 0.15) is 12.7 Å². The Bertz CT molecular complexity index is 840. The highest BCUT2D eigenvalue weighted by molar-refractivity contribution is 7.89. The van der Waals surface area contributed by atoms with Crippen LogP contribution in [-0.2, 0) is 10.0 Å². The van der Waals surface area contributed by atoms with E-state index in [-0.39, 0.29) is 23.8 Å². The van der Waals surface area contributed by atoms with Crippen molar-refractivity contribution in [2.75, 3.05) is 20.3 Å². The summed E-state index contributed by atoms with van der Waals surface area (Å²) in [4.78, 5) is -0.182. The molecule has 1 heterocycles. The Labute approximate surface area is 139 Å². The number of methoxy groups -OCH3 is 1. The van der Waals surface area contributed by atoms with Crippen LogP contribution in [0, 0.1) is 5.82 Å². The fourth-order valence-corrected chi connectivity index (χ4v) is 3.34. The number of hydrogen-bond donors (Lipinski definition) is 1. The third-order valence-corrected chi connectivity index (χ3v) is 4.92. The summed E-state index contributed by atoms with van der Waals surface area (Å²) in [7, 11) is -2.56. The van der Waals surface area contributed by atoms with Crippen molar-refractivity contribution in [1.29, 1.82) is 0 Å². The molecule has 0 spiro atoms. The summed E-state index contributed by atoms with van der Waals surface area (Å²) >= 11 is 0. The minimum Gasteiger partial charge on any atom is -0.494 e. The normalized spacial score (nSPS) is 16.7. The molecule has 128 valence electrons. The number of para-hydroxylation sites is 2. The molecule has 0 saturated carbocycles. The Morgan fingerprint density at radius 2 is 2.00 bits per heavy atom. The molecule has 1 aliphatic rings. The van der Waals surface area contributed by atoms with Gasteiger partial charge in [-0.15, -0.1) is 0 Å². The zero-order chi connectivity index (χ0) is 17.2. The van der Waals surface area contributed by atoms with Gasteiger partial charge in [0.25, 0.3) is 0 Å². The van der Waals surface area contributed by atoms with Gasteiger partial charge in [0, 0.05) is 0 Å². The molecule has 0 unspecified atom stereocenters. The first-order valence-electron chi connectivity index (χ1n) is 7.21. The lowest BCUT2D eigenvalue weighted by molar-refractivity contribution is 0.0943. The van der Waals surface area contributed by atoms with Gasteiger partial charge in [-0.3, -0.25) is 0 Å². The lowest BCUT2D eigenvalue weighted by Crippen LogP contribution is -2.40. The van der Waals surface area contributed by atoms with Crippen LogP contribution in [0.5, 0.6) is 17.2 Å². The van der Waals surface area contributed by atoms with Crippen molar-refractivity contribution in [3.63, 3.8) is 0 Å². The van der Waals surface area contributed by atoms with Crippen LogP contribution in [0.2, 0.25) is 0 Å². The molecule has 24 heavy (non-hydrogen) atoms. The van der Waals surface area contributed by atoms with Crippen LogP contribution in [0.4, 0.5) is 4.39 Å². The van der Waals surface area contributed by atoms with E-state index >= 15 is 0 Å². The fourth-order valence-electron chi connectivity index (χ4n) is 2.26. The molecular formula is C16H16FNO5S.